The molecule has 37 heavy (non-hydrogen) atoms. The smallest absolute Gasteiger partial charge is 0.250 e. The number of aromatic nitrogens is 1. The standard InChI is InChI=1S/C27H16Cl3N3O2S2/c28-15-5-9-18(20(29)13-15)23-11-7-17(35-23)8-12-25(34)33-27(36)31-16-6-10-19(21(30)14-16)26-32-22-3-1-2-4-24(22)37-26/h1-14H,(H2,31,33,34,36)/b12-8+. The van der Waals surface area contributed by atoms with Crippen LogP contribution in [0.4, 0.5) is 5.69 Å². The number of hydrogen-bond donors (Lipinski definition) is 2. The van der Waals surface area contributed by atoms with Crippen molar-refractivity contribution in [2.24, 2.45) is 0 Å². The first-order valence-electron chi connectivity index (χ1n) is 10.9. The summed E-state index contributed by atoms with van der Waals surface area (Å²) in [6.07, 6.45) is 2.86. The molecule has 0 aliphatic carbocycles. The van der Waals surface area contributed by atoms with Gasteiger partial charge in [-0.25, -0.2) is 4.98 Å². The van der Waals surface area contributed by atoms with Crippen LogP contribution in [-0.4, -0.2) is 16.0 Å². The number of nitrogens with one attached hydrogen (secondary N) is 2. The molecule has 0 unspecified atom stereocenters. The number of carbonyl (C=O) groups excluding carboxylic acids is 1. The van der Waals surface area contributed by atoms with Gasteiger partial charge in [0.15, 0.2) is 5.11 Å². The Morgan fingerprint density at radius 1 is 0.946 bits per heavy atom. The van der Waals surface area contributed by atoms with Crippen molar-refractivity contribution < 1.29 is 9.21 Å². The van der Waals surface area contributed by atoms with E-state index < -0.39 is 5.91 Å². The lowest BCUT2D eigenvalue weighted by Crippen LogP contribution is -2.32. The van der Waals surface area contributed by atoms with Gasteiger partial charge < -0.3 is 9.73 Å². The van der Waals surface area contributed by atoms with Crippen molar-refractivity contribution in [1.82, 2.24) is 10.3 Å². The summed E-state index contributed by atoms with van der Waals surface area (Å²) in [6, 6.07) is 22.0. The summed E-state index contributed by atoms with van der Waals surface area (Å²) in [5.74, 6) is 0.620. The maximum atomic E-state index is 12.3. The lowest BCUT2D eigenvalue weighted by Gasteiger charge is -2.09. The minimum absolute atomic E-state index is 0.131. The van der Waals surface area contributed by atoms with E-state index in [1.54, 1.807) is 47.7 Å². The highest BCUT2D eigenvalue weighted by molar-refractivity contribution is 7.80. The molecule has 0 aliphatic rings. The van der Waals surface area contributed by atoms with Crippen LogP contribution in [-0.2, 0) is 4.79 Å². The number of para-hydroxylation sites is 1. The van der Waals surface area contributed by atoms with Gasteiger partial charge in [-0.2, -0.15) is 0 Å². The number of anilines is 1. The molecule has 0 bridgehead atoms. The zero-order chi connectivity index (χ0) is 25.9. The molecule has 5 nitrogen and oxygen atoms in total. The van der Waals surface area contributed by atoms with Crippen LogP contribution in [0.15, 0.2) is 83.3 Å². The lowest BCUT2D eigenvalue weighted by molar-refractivity contribution is -0.115. The number of fused-ring (bicyclic) bond motifs is 1. The number of hydrogen-bond acceptors (Lipinski definition) is 5. The molecule has 3 aromatic carbocycles. The van der Waals surface area contributed by atoms with Crippen molar-refractivity contribution in [2.75, 3.05) is 5.32 Å². The SMILES string of the molecule is O=C(/C=C/c1ccc(-c2ccc(Cl)cc2Cl)o1)NC(=S)Nc1ccc(-c2nc3ccccc3s2)c(Cl)c1. The number of carbonyl (C=O) groups is 1. The average molecular weight is 585 g/mol. The predicted molar refractivity (Wildman–Crippen MR) is 158 cm³/mol. The molecular weight excluding hydrogens is 569 g/mol. The zero-order valence-electron chi connectivity index (χ0n) is 18.8. The van der Waals surface area contributed by atoms with E-state index in [4.69, 9.17) is 51.4 Å². The Morgan fingerprint density at radius 3 is 2.51 bits per heavy atom. The molecule has 0 spiro atoms. The molecule has 2 aromatic heterocycles. The van der Waals surface area contributed by atoms with Crippen molar-refractivity contribution in [3.63, 3.8) is 0 Å². The van der Waals surface area contributed by atoms with Gasteiger partial charge in [-0.1, -0.05) is 46.9 Å². The molecule has 0 saturated carbocycles. The van der Waals surface area contributed by atoms with Crippen LogP contribution in [0.3, 0.4) is 0 Å². The average Bonchev–Trinajstić information content (AvgIpc) is 3.50. The first kappa shape index (κ1) is 25.4. The van der Waals surface area contributed by atoms with Crippen molar-refractivity contribution in [1.29, 1.82) is 0 Å². The minimum atomic E-state index is -0.419. The highest BCUT2D eigenvalue weighted by atomic mass is 35.5. The van der Waals surface area contributed by atoms with Crippen LogP contribution in [0.1, 0.15) is 5.76 Å². The maximum Gasteiger partial charge on any atom is 0.250 e. The van der Waals surface area contributed by atoms with Crippen LogP contribution in [0.25, 0.3) is 38.2 Å². The van der Waals surface area contributed by atoms with E-state index in [1.807, 2.05) is 36.4 Å². The van der Waals surface area contributed by atoms with Gasteiger partial charge in [0.05, 0.1) is 20.3 Å². The van der Waals surface area contributed by atoms with Gasteiger partial charge in [-0.3, -0.25) is 10.1 Å². The molecule has 2 N–H and O–H groups in total. The van der Waals surface area contributed by atoms with Crippen LogP contribution < -0.4 is 10.6 Å². The lowest BCUT2D eigenvalue weighted by atomic mass is 10.2. The number of halogens is 3. The third kappa shape index (κ3) is 6.04. The van der Waals surface area contributed by atoms with Crippen LogP contribution in [0, 0.1) is 0 Å². The summed E-state index contributed by atoms with van der Waals surface area (Å²) >= 11 is 25.5. The third-order valence-electron chi connectivity index (χ3n) is 5.21. The van der Waals surface area contributed by atoms with E-state index in [9.17, 15) is 4.79 Å². The van der Waals surface area contributed by atoms with Gasteiger partial charge in [-0.15, -0.1) is 11.3 Å². The summed E-state index contributed by atoms with van der Waals surface area (Å²) < 4.78 is 6.85. The molecule has 0 radical (unpaired) electrons. The molecule has 0 atom stereocenters. The van der Waals surface area contributed by atoms with Crippen molar-refractivity contribution in [3.8, 4) is 21.9 Å². The number of nitrogens with zero attached hydrogens (tertiary/aromatic N) is 1. The molecule has 5 rings (SSSR count). The number of rotatable bonds is 5. The highest BCUT2D eigenvalue weighted by Crippen LogP contribution is 2.35. The first-order valence-corrected chi connectivity index (χ1v) is 13.2. The second kappa shape index (κ2) is 11.0. The van der Waals surface area contributed by atoms with E-state index in [0.717, 1.165) is 20.8 Å². The second-order valence-corrected chi connectivity index (χ2v) is 10.5. The van der Waals surface area contributed by atoms with Gasteiger partial charge in [0.25, 0.3) is 0 Å². The summed E-state index contributed by atoms with van der Waals surface area (Å²) in [7, 11) is 0. The quantitative estimate of drug-likeness (QED) is 0.160. The van der Waals surface area contributed by atoms with Crippen LogP contribution in [0.2, 0.25) is 15.1 Å². The van der Waals surface area contributed by atoms with Gasteiger partial charge >= 0.3 is 0 Å². The fourth-order valence-corrected chi connectivity index (χ4v) is 5.56. The Kier molecular flexibility index (Phi) is 7.60. The summed E-state index contributed by atoms with van der Waals surface area (Å²) in [4.78, 5) is 17.0. The Bertz CT molecular complexity index is 1640. The summed E-state index contributed by atoms with van der Waals surface area (Å²) in [6.45, 7) is 0. The fourth-order valence-electron chi connectivity index (χ4n) is 3.50. The highest BCUT2D eigenvalue weighted by Gasteiger charge is 2.12. The van der Waals surface area contributed by atoms with E-state index in [0.29, 0.717) is 37.8 Å². The minimum Gasteiger partial charge on any atom is -0.457 e. The second-order valence-electron chi connectivity index (χ2n) is 7.78. The Labute approximate surface area is 236 Å². The van der Waals surface area contributed by atoms with Crippen molar-refractivity contribution >= 4 is 91.4 Å². The normalized spacial score (nSPS) is 11.2. The van der Waals surface area contributed by atoms with Gasteiger partial charge in [0.2, 0.25) is 5.91 Å². The molecule has 5 aromatic rings. The van der Waals surface area contributed by atoms with E-state index >= 15 is 0 Å². The molecular formula is C27H16Cl3N3O2S2. The Hall–Kier alpha value is -3.20. The Morgan fingerprint density at radius 2 is 1.73 bits per heavy atom. The largest absolute Gasteiger partial charge is 0.457 e. The van der Waals surface area contributed by atoms with Crippen LogP contribution in [0.5, 0.6) is 0 Å². The first-order chi connectivity index (χ1) is 17.9. The van der Waals surface area contributed by atoms with E-state index in [1.165, 1.54) is 12.2 Å². The van der Waals surface area contributed by atoms with Crippen molar-refractivity contribution in [2.45, 2.75) is 0 Å². The Balaban J connectivity index is 1.20. The van der Waals surface area contributed by atoms with Gasteiger partial charge in [-0.05, 0) is 79.0 Å². The third-order valence-corrected chi connectivity index (χ3v) is 7.34. The summed E-state index contributed by atoms with van der Waals surface area (Å²) in [5, 5.41) is 8.06. The molecule has 0 aliphatic heterocycles. The van der Waals surface area contributed by atoms with Crippen molar-refractivity contribution in [3.05, 3.63) is 99.7 Å². The number of amides is 1. The van der Waals surface area contributed by atoms with Crippen LogP contribution >= 0.6 is 58.4 Å². The number of thiazole rings is 1. The van der Waals surface area contributed by atoms with Gasteiger partial charge in [0, 0.05) is 27.9 Å². The molecule has 10 heteroatoms. The van der Waals surface area contributed by atoms with Gasteiger partial charge in [0.1, 0.15) is 16.5 Å². The summed E-state index contributed by atoms with van der Waals surface area (Å²) in [5.41, 5.74) is 3.09. The fraction of sp³-hybridized carbons (Fsp3) is 0. The monoisotopic (exact) mass is 583 g/mol. The number of furan rings is 1. The number of benzene rings is 3. The molecule has 0 saturated heterocycles. The molecule has 184 valence electrons. The molecule has 2 heterocycles. The molecule has 0 fully saturated rings. The zero-order valence-corrected chi connectivity index (χ0v) is 22.7. The number of thiocarbonyl (C=S) groups is 1. The van der Waals surface area contributed by atoms with E-state index in [-0.39, 0.29) is 5.11 Å². The topological polar surface area (TPSA) is 67.2 Å². The molecule has 1 amide bonds. The maximum absolute atomic E-state index is 12.3. The predicted octanol–water partition coefficient (Wildman–Crippen LogP) is 8.71. The van der Waals surface area contributed by atoms with E-state index in [2.05, 4.69) is 15.6 Å².